The summed E-state index contributed by atoms with van der Waals surface area (Å²) in [6, 6.07) is 0. The molecule has 1 fully saturated rings. The van der Waals surface area contributed by atoms with Crippen LogP contribution in [0.15, 0.2) is 6.33 Å². The Morgan fingerprint density at radius 2 is 2.13 bits per heavy atom. The molecule has 4 atom stereocenters. The molecule has 6 N–H and O–H groups in total. The first-order chi connectivity index (χ1) is 11.1. The highest BCUT2D eigenvalue weighted by Gasteiger charge is 2.45. The van der Waals surface area contributed by atoms with E-state index in [0.29, 0.717) is 23.7 Å². The molecule has 0 saturated carbocycles. The summed E-state index contributed by atoms with van der Waals surface area (Å²) < 4.78 is 7.11. The number of nitrogens with one attached hydrogen (secondary N) is 1. The minimum absolute atomic E-state index is 0.208. The van der Waals surface area contributed by atoms with E-state index in [0.717, 1.165) is 6.42 Å². The lowest BCUT2D eigenvalue weighted by Gasteiger charge is -2.19. The highest BCUT2D eigenvalue weighted by molar-refractivity contribution is 5.84. The fourth-order valence-corrected chi connectivity index (χ4v) is 2.62. The zero-order valence-corrected chi connectivity index (χ0v) is 12.6. The summed E-state index contributed by atoms with van der Waals surface area (Å²) in [5, 5.41) is 32.6. The van der Waals surface area contributed by atoms with Crippen LogP contribution in [0.3, 0.4) is 0 Å². The summed E-state index contributed by atoms with van der Waals surface area (Å²) in [6.07, 6.45) is -2.11. The van der Waals surface area contributed by atoms with Gasteiger partial charge in [0.15, 0.2) is 23.2 Å². The fraction of sp³-hybridized carbons (Fsp3) is 0.615. The molecule has 1 aliphatic heterocycles. The number of anilines is 2. The van der Waals surface area contributed by atoms with E-state index in [1.807, 2.05) is 6.92 Å². The molecule has 2 aromatic heterocycles. The van der Waals surface area contributed by atoms with Crippen molar-refractivity contribution in [3.63, 3.8) is 0 Å². The Labute approximate surface area is 131 Å². The molecule has 3 rings (SSSR count). The van der Waals surface area contributed by atoms with Crippen molar-refractivity contribution in [2.45, 2.75) is 37.9 Å². The maximum absolute atomic E-state index is 10.3. The summed E-state index contributed by atoms with van der Waals surface area (Å²) in [5.41, 5.74) is 6.59. The third-order valence-electron chi connectivity index (χ3n) is 3.81. The van der Waals surface area contributed by atoms with Crippen molar-refractivity contribution in [1.82, 2.24) is 19.5 Å². The van der Waals surface area contributed by atoms with Crippen molar-refractivity contribution in [2.75, 3.05) is 24.2 Å². The van der Waals surface area contributed by atoms with Gasteiger partial charge in [0.2, 0.25) is 5.95 Å². The topological polar surface area (TPSA) is 152 Å². The molecular formula is C13H20N6O4. The lowest BCUT2D eigenvalue weighted by molar-refractivity contribution is -0.0501. The van der Waals surface area contributed by atoms with Gasteiger partial charge in [-0.1, -0.05) is 6.92 Å². The van der Waals surface area contributed by atoms with Crippen LogP contribution in [0.25, 0.3) is 11.2 Å². The lowest BCUT2D eigenvalue weighted by atomic mass is 10.1. The van der Waals surface area contributed by atoms with Gasteiger partial charge in [0, 0.05) is 6.54 Å². The quantitative estimate of drug-likeness (QED) is 0.458. The Morgan fingerprint density at radius 3 is 2.78 bits per heavy atom. The van der Waals surface area contributed by atoms with E-state index in [2.05, 4.69) is 20.3 Å². The Hall–Kier alpha value is -2.01. The van der Waals surface area contributed by atoms with Crippen molar-refractivity contribution in [2.24, 2.45) is 0 Å². The average Bonchev–Trinajstić information content (AvgIpc) is 3.05. The lowest BCUT2D eigenvalue weighted by Crippen LogP contribution is -2.33. The number of hydrogen-bond acceptors (Lipinski definition) is 9. The number of aliphatic hydroxyl groups excluding tert-OH is 3. The molecule has 0 aliphatic carbocycles. The second-order valence-electron chi connectivity index (χ2n) is 5.39. The number of rotatable bonds is 5. The van der Waals surface area contributed by atoms with Gasteiger partial charge in [-0.2, -0.15) is 0 Å². The molecule has 1 aliphatic rings. The van der Waals surface area contributed by atoms with Crippen LogP contribution in [0, 0.1) is 0 Å². The van der Waals surface area contributed by atoms with E-state index in [1.165, 1.54) is 10.9 Å². The molecule has 0 unspecified atom stereocenters. The minimum atomic E-state index is -1.23. The van der Waals surface area contributed by atoms with Gasteiger partial charge >= 0.3 is 0 Å². The Balaban J connectivity index is 2.09. The summed E-state index contributed by atoms with van der Waals surface area (Å²) in [7, 11) is 0. The summed E-state index contributed by atoms with van der Waals surface area (Å²) >= 11 is 0. The van der Waals surface area contributed by atoms with Gasteiger partial charge in [-0.3, -0.25) is 4.57 Å². The van der Waals surface area contributed by atoms with E-state index in [1.54, 1.807) is 0 Å². The maximum Gasteiger partial charge on any atom is 0.207 e. The average molecular weight is 324 g/mol. The molecule has 2 aromatic rings. The van der Waals surface area contributed by atoms with E-state index < -0.39 is 31.1 Å². The molecule has 1 saturated heterocycles. The van der Waals surface area contributed by atoms with Crippen molar-refractivity contribution in [3.8, 4) is 0 Å². The van der Waals surface area contributed by atoms with Crippen molar-refractivity contribution < 1.29 is 20.1 Å². The van der Waals surface area contributed by atoms with E-state index in [9.17, 15) is 15.3 Å². The smallest absolute Gasteiger partial charge is 0.207 e. The molecule has 10 nitrogen and oxygen atoms in total. The second-order valence-corrected chi connectivity index (χ2v) is 5.39. The largest absolute Gasteiger partial charge is 0.394 e. The van der Waals surface area contributed by atoms with Crippen LogP contribution in [-0.2, 0) is 4.74 Å². The molecule has 23 heavy (non-hydrogen) atoms. The first kappa shape index (κ1) is 15.9. The molecule has 0 spiro atoms. The van der Waals surface area contributed by atoms with Gasteiger partial charge in [0.05, 0.1) is 6.61 Å². The first-order valence-corrected chi connectivity index (χ1v) is 7.43. The molecule has 0 radical (unpaired) electrons. The standard InChI is InChI=1S/C13H20N6O4/c1-2-3-15-13-18-7-10(14)16-5-17-11(7)19(13)12-9(22)8(21)6(4-20)23-12/h5-6,8-9,12,20-22H,2-4H2,1H3,(H,15,18)(H2,14,16,17)/t6-,8-,9-,12-/m1/s1. The highest BCUT2D eigenvalue weighted by Crippen LogP contribution is 2.34. The highest BCUT2D eigenvalue weighted by atomic mass is 16.6. The minimum Gasteiger partial charge on any atom is -0.394 e. The number of nitrogens with zero attached hydrogens (tertiary/aromatic N) is 4. The summed E-state index contributed by atoms with van der Waals surface area (Å²) in [5.74, 6) is 0.615. The second kappa shape index (κ2) is 6.24. The van der Waals surface area contributed by atoms with Crippen LogP contribution in [0.5, 0.6) is 0 Å². The predicted octanol–water partition coefficient (Wildman–Crippen LogP) is -1.16. The van der Waals surface area contributed by atoms with Crippen LogP contribution >= 0.6 is 0 Å². The van der Waals surface area contributed by atoms with Crippen molar-refractivity contribution >= 4 is 22.9 Å². The Bertz CT molecular complexity index is 692. The number of aromatic nitrogens is 4. The third kappa shape index (κ3) is 2.59. The molecular weight excluding hydrogens is 304 g/mol. The number of hydrogen-bond donors (Lipinski definition) is 5. The van der Waals surface area contributed by atoms with E-state index in [-0.39, 0.29) is 5.82 Å². The van der Waals surface area contributed by atoms with Crippen LogP contribution in [0.1, 0.15) is 19.6 Å². The van der Waals surface area contributed by atoms with Crippen LogP contribution in [-0.4, -0.2) is 66.3 Å². The number of fused-ring (bicyclic) bond motifs is 1. The van der Waals surface area contributed by atoms with Crippen LogP contribution in [0.4, 0.5) is 11.8 Å². The fourth-order valence-electron chi connectivity index (χ4n) is 2.62. The molecule has 3 heterocycles. The molecule has 10 heteroatoms. The van der Waals surface area contributed by atoms with Crippen LogP contribution < -0.4 is 11.1 Å². The number of nitrogen functional groups attached to an aromatic ring is 1. The van der Waals surface area contributed by atoms with Crippen molar-refractivity contribution in [3.05, 3.63) is 6.33 Å². The van der Waals surface area contributed by atoms with Gasteiger partial charge in [0.25, 0.3) is 0 Å². The third-order valence-corrected chi connectivity index (χ3v) is 3.81. The number of nitrogens with two attached hydrogens (primary N) is 1. The molecule has 0 amide bonds. The SMILES string of the molecule is CCCNc1nc2c(N)ncnc2n1[C@@H]1O[C@H](CO)[C@@H](O)[C@H]1O. The number of imidazole rings is 1. The number of aliphatic hydroxyl groups is 3. The molecule has 0 aromatic carbocycles. The number of ether oxygens (including phenoxy) is 1. The van der Waals surface area contributed by atoms with E-state index >= 15 is 0 Å². The van der Waals surface area contributed by atoms with E-state index in [4.69, 9.17) is 10.5 Å². The maximum atomic E-state index is 10.3. The summed E-state index contributed by atoms with van der Waals surface area (Å²) in [4.78, 5) is 12.4. The van der Waals surface area contributed by atoms with Gasteiger partial charge in [-0.05, 0) is 6.42 Å². The monoisotopic (exact) mass is 324 g/mol. The Morgan fingerprint density at radius 1 is 1.35 bits per heavy atom. The predicted molar refractivity (Wildman–Crippen MR) is 81.5 cm³/mol. The van der Waals surface area contributed by atoms with Gasteiger partial charge in [-0.25, -0.2) is 15.0 Å². The van der Waals surface area contributed by atoms with Gasteiger partial charge in [0.1, 0.15) is 24.6 Å². The van der Waals surface area contributed by atoms with Crippen molar-refractivity contribution in [1.29, 1.82) is 0 Å². The zero-order chi connectivity index (χ0) is 16.6. The van der Waals surface area contributed by atoms with Gasteiger partial charge in [-0.15, -0.1) is 0 Å². The Kier molecular flexibility index (Phi) is 4.31. The van der Waals surface area contributed by atoms with Gasteiger partial charge < -0.3 is 31.1 Å². The normalized spacial score (nSPS) is 27.7. The molecule has 0 bridgehead atoms. The summed E-state index contributed by atoms with van der Waals surface area (Å²) in [6.45, 7) is 2.24. The first-order valence-electron chi connectivity index (χ1n) is 7.43. The van der Waals surface area contributed by atoms with Crippen LogP contribution in [0.2, 0.25) is 0 Å². The zero-order valence-electron chi connectivity index (χ0n) is 12.6. The molecule has 126 valence electrons.